The topological polar surface area (TPSA) is 57.1 Å². The van der Waals surface area contributed by atoms with Crippen molar-refractivity contribution in [1.82, 2.24) is 10.2 Å². The average Bonchev–Trinajstić information content (AvgIpc) is 2.66. The molecule has 27 heavy (non-hydrogen) atoms. The Balaban J connectivity index is 0.00000364. The first-order chi connectivity index (χ1) is 12.5. The first kappa shape index (κ1) is 23.5. The molecule has 0 amide bonds. The quantitative estimate of drug-likeness (QED) is 0.339. The largest absolute Gasteiger partial charge is 0.497 e. The first-order valence-corrected chi connectivity index (χ1v) is 8.97. The number of aliphatic imine (C=N–C) groups is 1. The summed E-state index contributed by atoms with van der Waals surface area (Å²) in [4.78, 5) is 6.56. The molecule has 5 nitrogen and oxygen atoms in total. The summed E-state index contributed by atoms with van der Waals surface area (Å²) in [5, 5.41) is 14.4. The van der Waals surface area contributed by atoms with Gasteiger partial charge in [-0.2, -0.15) is 0 Å². The van der Waals surface area contributed by atoms with E-state index in [9.17, 15) is 5.11 Å². The first-order valence-electron chi connectivity index (χ1n) is 8.60. The molecule has 1 unspecified atom stereocenters. The lowest BCUT2D eigenvalue weighted by molar-refractivity contribution is 0.186. The van der Waals surface area contributed by atoms with Crippen molar-refractivity contribution in [3.05, 3.63) is 64.7 Å². The van der Waals surface area contributed by atoms with Crippen LogP contribution in [0.1, 0.15) is 24.2 Å². The van der Waals surface area contributed by atoms with Gasteiger partial charge in [0.25, 0.3) is 0 Å². The third-order valence-electron chi connectivity index (χ3n) is 3.98. The third kappa shape index (κ3) is 7.20. The molecule has 0 fully saturated rings. The van der Waals surface area contributed by atoms with Crippen molar-refractivity contribution in [2.75, 3.05) is 27.2 Å². The van der Waals surface area contributed by atoms with Crippen LogP contribution in [-0.4, -0.2) is 43.2 Å². The van der Waals surface area contributed by atoms with Crippen molar-refractivity contribution in [2.45, 2.75) is 19.6 Å². The van der Waals surface area contributed by atoms with Crippen molar-refractivity contribution in [3.8, 4) is 5.75 Å². The summed E-state index contributed by atoms with van der Waals surface area (Å²) in [7, 11) is 3.57. The summed E-state index contributed by atoms with van der Waals surface area (Å²) in [6.45, 7) is 3.65. The molecule has 0 bridgehead atoms. The van der Waals surface area contributed by atoms with Crippen LogP contribution in [0.5, 0.6) is 5.75 Å². The Labute approximate surface area is 183 Å². The van der Waals surface area contributed by atoms with Gasteiger partial charge in [-0.25, -0.2) is 0 Å². The monoisotopic (exact) mass is 503 g/mol. The van der Waals surface area contributed by atoms with Crippen LogP contribution < -0.4 is 10.1 Å². The molecule has 2 aromatic rings. The second kappa shape index (κ2) is 12.0. The molecule has 0 aliphatic carbocycles. The predicted octanol–water partition coefficient (Wildman–Crippen LogP) is 4.10. The van der Waals surface area contributed by atoms with Crippen LogP contribution in [0.25, 0.3) is 0 Å². The van der Waals surface area contributed by atoms with Crippen molar-refractivity contribution < 1.29 is 9.84 Å². The number of nitrogens with one attached hydrogen (secondary N) is 1. The van der Waals surface area contributed by atoms with E-state index in [1.165, 1.54) is 0 Å². The number of ether oxygens (including phenoxy) is 1. The van der Waals surface area contributed by atoms with Gasteiger partial charge in [-0.15, -0.1) is 24.0 Å². The summed E-state index contributed by atoms with van der Waals surface area (Å²) in [5.74, 6) is 1.48. The van der Waals surface area contributed by atoms with Crippen LogP contribution in [0, 0.1) is 0 Å². The zero-order valence-corrected chi connectivity index (χ0v) is 18.9. The summed E-state index contributed by atoms with van der Waals surface area (Å²) >= 11 is 6.25. The fraction of sp³-hybridized carbons (Fsp3) is 0.350. The lowest BCUT2D eigenvalue weighted by atomic mass is 10.1. The molecule has 0 aromatic heterocycles. The highest BCUT2D eigenvalue weighted by Gasteiger charge is 2.11. The molecule has 7 heteroatoms. The molecule has 1 atom stereocenters. The van der Waals surface area contributed by atoms with Gasteiger partial charge in [0.15, 0.2) is 5.96 Å². The Morgan fingerprint density at radius 1 is 1.22 bits per heavy atom. The minimum absolute atomic E-state index is 0. The van der Waals surface area contributed by atoms with E-state index in [-0.39, 0.29) is 30.5 Å². The van der Waals surface area contributed by atoms with E-state index in [4.69, 9.17) is 16.3 Å². The van der Waals surface area contributed by atoms with E-state index >= 15 is 0 Å². The van der Waals surface area contributed by atoms with E-state index in [1.807, 2.05) is 67.4 Å². The van der Waals surface area contributed by atoms with Crippen molar-refractivity contribution in [3.63, 3.8) is 0 Å². The van der Waals surface area contributed by atoms with Gasteiger partial charge in [0, 0.05) is 25.2 Å². The Kier molecular flexibility index (Phi) is 10.5. The van der Waals surface area contributed by atoms with Crippen LogP contribution in [-0.2, 0) is 6.54 Å². The number of aliphatic hydroxyl groups is 1. The number of benzene rings is 2. The molecular weight excluding hydrogens is 477 g/mol. The van der Waals surface area contributed by atoms with Gasteiger partial charge < -0.3 is 20.1 Å². The van der Waals surface area contributed by atoms with Gasteiger partial charge in [0.2, 0.25) is 0 Å². The molecule has 148 valence electrons. The molecule has 2 N–H and O–H groups in total. The SMILES string of the molecule is CCNC(=NCC(O)c1ccc(OC)cc1)N(C)Cc1ccccc1Cl.I. The number of nitrogens with zero attached hydrogens (tertiary/aromatic N) is 2. The molecule has 0 heterocycles. The van der Waals surface area contributed by atoms with Crippen molar-refractivity contribution in [2.24, 2.45) is 4.99 Å². The second-order valence-corrected chi connectivity index (χ2v) is 6.34. The number of hydrogen-bond donors (Lipinski definition) is 2. The second-order valence-electron chi connectivity index (χ2n) is 5.93. The highest BCUT2D eigenvalue weighted by molar-refractivity contribution is 14.0. The minimum Gasteiger partial charge on any atom is -0.497 e. The normalized spacial score (nSPS) is 12.1. The zero-order chi connectivity index (χ0) is 18.9. The van der Waals surface area contributed by atoms with Gasteiger partial charge in [0.1, 0.15) is 5.75 Å². The summed E-state index contributed by atoms with van der Waals surface area (Å²) in [6, 6.07) is 15.1. The van der Waals surface area contributed by atoms with Gasteiger partial charge in [-0.05, 0) is 36.2 Å². The van der Waals surface area contributed by atoms with E-state index < -0.39 is 6.10 Å². The van der Waals surface area contributed by atoms with Gasteiger partial charge in [0.05, 0.1) is 19.8 Å². The van der Waals surface area contributed by atoms with E-state index in [0.29, 0.717) is 6.54 Å². The highest BCUT2D eigenvalue weighted by atomic mass is 127. The van der Waals surface area contributed by atoms with Gasteiger partial charge in [-0.1, -0.05) is 41.9 Å². The van der Waals surface area contributed by atoms with Crippen LogP contribution in [0.3, 0.4) is 0 Å². The van der Waals surface area contributed by atoms with Gasteiger partial charge in [-0.3, -0.25) is 4.99 Å². The fourth-order valence-corrected chi connectivity index (χ4v) is 2.73. The number of rotatable bonds is 7. The predicted molar refractivity (Wildman–Crippen MR) is 122 cm³/mol. The molecule has 0 saturated heterocycles. The fourth-order valence-electron chi connectivity index (χ4n) is 2.53. The maximum absolute atomic E-state index is 10.4. The van der Waals surface area contributed by atoms with Crippen LogP contribution in [0.4, 0.5) is 0 Å². The average molecular weight is 504 g/mol. The molecule has 0 aliphatic heterocycles. The Morgan fingerprint density at radius 2 is 1.89 bits per heavy atom. The molecule has 0 aliphatic rings. The summed E-state index contributed by atoms with van der Waals surface area (Å²) in [6.07, 6.45) is -0.678. The number of methoxy groups -OCH3 is 1. The molecule has 0 spiro atoms. The lowest BCUT2D eigenvalue weighted by Crippen LogP contribution is -2.38. The van der Waals surface area contributed by atoms with Crippen LogP contribution in [0.15, 0.2) is 53.5 Å². The number of halogens is 2. The Bertz CT molecular complexity index is 725. The van der Waals surface area contributed by atoms with Crippen molar-refractivity contribution >= 4 is 41.5 Å². The maximum Gasteiger partial charge on any atom is 0.194 e. The highest BCUT2D eigenvalue weighted by Crippen LogP contribution is 2.19. The smallest absolute Gasteiger partial charge is 0.194 e. The van der Waals surface area contributed by atoms with Crippen LogP contribution in [0.2, 0.25) is 5.02 Å². The lowest BCUT2D eigenvalue weighted by Gasteiger charge is -2.23. The van der Waals surface area contributed by atoms with E-state index in [0.717, 1.165) is 34.4 Å². The molecule has 2 rings (SSSR count). The van der Waals surface area contributed by atoms with E-state index in [2.05, 4.69) is 10.3 Å². The standard InChI is InChI=1S/C20H26ClN3O2.HI/c1-4-22-20(24(2)14-16-7-5-6-8-18(16)21)23-13-19(25)15-9-11-17(26-3)12-10-15;/h5-12,19,25H,4,13-14H2,1-3H3,(H,22,23);1H. The van der Waals surface area contributed by atoms with E-state index in [1.54, 1.807) is 7.11 Å². The Hall–Kier alpha value is -1.51. The van der Waals surface area contributed by atoms with Crippen LogP contribution >= 0.6 is 35.6 Å². The van der Waals surface area contributed by atoms with Crippen molar-refractivity contribution in [1.29, 1.82) is 0 Å². The minimum atomic E-state index is -0.678. The maximum atomic E-state index is 10.4. The number of hydrogen-bond acceptors (Lipinski definition) is 3. The molecule has 0 saturated carbocycles. The van der Waals surface area contributed by atoms with Gasteiger partial charge >= 0.3 is 0 Å². The summed E-state index contributed by atoms with van der Waals surface area (Å²) in [5.41, 5.74) is 1.83. The summed E-state index contributed by atoms with van der Waals surface area (Å²) < 4.78 is 5.14. The number of guanidine groups is 1. The molecule has 2 aromatic carbocycles. The number of aliphatic hydroxyl groups excluding tert-OH is 1. The molecule has 0 radical (unpaired) electrons. The molecular formula is C20H27ClIN3O2. The zero-order valence-electron chi connectivity index (χ0n) is 15.9. The third-order valence-corrected chi connectivity index (χ3v) is 4.35. The Morgan fingerprint density at radius 3 is 2.48 bits per heavy atom.